The Morgan fingerprint density at radius 2 is 1.97 bits per heavy atom. The number of benzene rings is 2. The van der Waals surface area contributed by atoms with E-state index >= 15 is 0 Å². The lowest BCUT2D eigenvalue weighted by atomic mass is 9.98. The molecule has 1 unspecified atom stereocenters. The summed E-state index contributed by atoms with van der Waals surface area (Å²) in [5, 5.41) is 10.5. The minimum atomic E-state index is -0.883. The molecule has 0 bridgehead atoms. The van der Waals surface area contributed by atoms with Gasteiger partial charge in [-0.05, 0) is 55.2 Å². The Hall–Kier alpha value is -2.83. The molecule has 0 spiro atoms. The van der Waals surface area contributed by atoms with E-state index in [0.717, 1.165) is 37.4 Å². The van der Waals surface area contributed by atoms with Gasteiger partial charge in [-0.2, -0.15) is 0 Å². The fourth-order valence-electron chi connectivity index (χ4n) is 4.95. The number of aromatic nitrogens is 1. The molecule has 1 saturated heterocycles. The van der Waals surface area contributed by atoms with Crippen LogP contribution in [0.15, 0.2) is 42.6 Å². The topological polar surface area (TPSA) is 68.8 Å². The van der Waals surface area contributed by atoms with Crippen molar-refractivity contribution in [3.63, 3.8) is 0 Å². The molecule has 2 aliphatic rings. The van der Waals surface area contributed by atoms with Crippen molar-refractivity contribution in [2.45, 2.75) is 38.4 Å². The van der Waals surface area contributed by atoms with Gasteiger partial charge in [0, 0.05) is 60.9 Å². The molecule has 2 heterocycles. The number of aromatic carboxylic acids is 1. The average molecular weight is 420 g/mol. The highest BCUT2D eigenvalue weighted by Crippen LogP contribution is 2.37. The number of hydrogen-bond acceptors (Lipinski definition) is 4. The normalized spacial score (nSPS) is 20.3. The number of piperazine rings is 1. The number of H-pyrrole nitrogens is 1. The van der Waals surface area contributed by atoms with Gasteiger partial charge in [-0.3, -0.25) is 9.80 Å². The van der Waals surface area contributed by atoms with Crippen LogP contribution in [-0.4, -0.2) is 58.6 Å². The van der Waals surface area contributed by atoms with Crippen molar-refractivity contribution in [2.24, 2.45) is 0 Å². The number of nitrogens with zero attached hydrogens (tertiary/aromatic N) is 2. The van der Waals surface area contributed by atoms with E-state index in [1.54, 1.807) is 19.2 Å². The van der Waals surface area contributed by atoms with Crippen LogP contribution in [0.3, 0.4) is 0 Å². The first-order chi connectivity index (χ1) is 15.0. The molecule has 1 aliphatic heterocycles. The number of aryl methyl sites for hydroxylation is 1. The van der Waals surface area contributed by atoms with E-state index in [4.69, 9.17) is 4.74 Å². The molecule has 6 heteroatoms. The van der Waals surface area contributed by atoms with Crippen molar-refractivity contribution < 1.29 is 14.6 Å². The predicted molar refractivity (Wildman–Crippen MR) is 121 cm³/mol. The van der Waals surface area contributed by atoms with Gasteiger partial charge >= 0.3 is 5.97 Å². The van der Waals surface area contributed by atoms with Gasteiger partial charge in [0.05, 0.1) is 12.7 Å². The zero-order chi connectivity index (χ0) is 21.5. The van der Waals surface area contributed by atoms with Crippen molar-refractivity contribution >= 4 is 16.9 Å². The van der Waals surface area contributed by atoms with Gasteiger partial charge in [0.1, 0.15) is 5.75 Å². The quantitative estimate of drug-likeness (QED) is 0.627. The van der Waals surface area contributed by atoms with Crippen molar-refractivity contribution in [1.82, 2.24) is 14.8 Å². The Labute approximate surface area is 182 Å². The van der Waals surface area contributed by atoms with E-state index < -0.39 is 5.97 Å². The Morgan fingerprint density at radius 3 is 2.65 bits per heavy atom. The maximum Gasteiger partial charge on any atom is 0.335 e. The van der Waals surface area contributed by atoms with Crippen molar-refractivity contribution in [3.05, 3.63) is 64.8 Å². The molecular formula is C25H29N3O3. The highest BCUT2D eigenvalue weighted by Gasteiger charge is 2.36. The lowest BCUT2D eigenvalue weighted by Crippen LogP contribution is -2.48. The largest absolute Gasteiger partial charge is 0.496 e. The molecule has 2 fully saturated rings. The molecule has 0 amide bonds. The number of hydrogen-bond donors (Lipinski definition) is 2. The first-order valence-electron chi connectivity index (χ1n) is 11.0. The third-order valence-corrected chi connectivity index (χ3v) is 6.82. The number of carbonyl (C=O) groups is 1. The van der Waals surface area contributed by atoms with Crippen LogP contribution in [0.25, 0.3) is 10.9 Å². The smallest absolute Gasteiger partial charge is 0.335 e. The molecule has 3 aromatic rings. The van der Waals surface area contributed by atoms with Gasteiger partial charge in [-0.25, -0.2) is 4.79 Å². The highest BCUT2D eigenvalue weighted by atomic mass is 16.5. The van der Waals surface area contributed by atoms with Gasteiger partial charge in [-0.1, -0.05) is 12.1 Å². The maximum absolute atomic E-state index is 11.3. The summed E-state index contributed by atoms with van der Waals surface area (Å²) in [7, 11) is 1.74. The number of carboxylic acid groups (broad SMARTS) is 1. The van der Waals surface area contributed by atoms with E-state index in [2.05, 4.69) is 33.8 Å². The lowest BCUT2D eigenvalue weighted by molar-refractivity contribution is 0.0630. The summed E-state index contributed by atoms with van der Waals surface area (Å²) in [6.45, 7) is 5.92. The number of carboxylic acids is 1. The first kappa shape index (κ1) is 20.1. The number of ether oxygens (including phenoxy) is 1. The van der Waals surface area contributed by atoms with E-state index in [-0.39, 0.29) is 6.04 Å². The van der Waals surface area contributed by atoms with Gasteiger partial charge < -0.3 is 14.8 Å². The fourth-order valence-corrected chi connectivity index (χ4v) is 4.95. The van der Waals surface area contributed by atoms with Crippen LogP contribution >= 0.6 is 0 Å². The number of methoxy groups -OCH3 is 1. The van der Waals surface area contributed by atoms with Gasteiger partial charge in [0.2, 0.25) is 0 Å². The van der Waals surface area contributed by atoms with Crippen LogP contribution in [0, 0.1) is 6.92 Å². The van der Waals surface area contributed by atoms with Crippen LogP contribution in [-0.2, 0) is 6.54 Å². The van der Waals surface area contributed by atoms with E-state index in [9.17, 15) is 9.90 Å². The predicted octanol–water partition coefficient (Wildman–Crippen LogP) is 4.20. The zero-order valence-corrected chi connectivity index (χ0v) is 18.1. The van der Waals surface area contributed by atoms with Crippen LogP contribution in [0.2, 0.25) is 0 Å². The SMILES string of the molecule is COc1cc(C)c2[nH]ccc2c1CN1CCN(C2CC2)CC1c1ccc(C(=O)O)cc1. The minimum absolute atomic E-state index is 0.220. The molecule has 5 rings (SSSR count). The van der Waals surface area contributed by atoms with E-state index in [1.165, 1.54) is 34.9 Å². The summed E-state index contributed by atoms with van der Waals surface area (Å²) >= 11 is 0. The second-order valence-corrected chi connectivity index (χ2v) is 8.78. The molecule has 162 valence electrons. The summed E-state index contributed by atoms with van der Waals surface area (Å²) in [4.78, 5) is 19.8. The summed E-state index contributed by atoms with van der Waals surface area (Å²) in [6.07, 6.45) is 4.58. The zero-order valence-electron chi connectivity index (χ0n) is 18.1. The molecule has 1 saturated carbocycles. The molecule has 1 atom stereocenters. The van der Waals surface area contributed by atoms with Gasteiger partial charge in [-0.15, -0.1) is 0 Å². The third kappa shape index (κ3) is 3.82. The van der Waals surface area contributed by atoms with Gasteiger partial charge in [0.15, 0.2) is 0 Å². The molecule has 6 nitrogen and oxygen atoms in total. The Morgan fingerprint density at radius 1 is 1.19 bits per heavy atom. The summed E-state index contributed by atoms with van der Waals surface area (Å²) in [5.74, 6) is 0.0418. The lowest BCUT2D eigenvalue weighted by Gasteiger charge is -2.42. The Balaban J connectivity index is 1.49. The van der Waals surface area contributed by atoms with Crippen LogP contribution in [0.4, 0.5) is 0 Å². The van der Waals surface area contributed by atoms with Crippen LogP contribution in [0.1, 0.15) is 45.9 Å². The van der Waals surface area contributed by atoms with E-state index in [1.807, 2.05) is 18.3 Å². The number of aromatic amines is 1. The standard InChI is InChI=1S/C25H29N3O3/c1-16-13-23(31-2)21(20-9-10-26-24(16)20)14-28-12-11-27(19-7-8-19)15-22(28)17-3-5-18(6-4-17)25(29)30/h3-6,9-10,13,19,22,26H,7-8,11-12,14-15H2,1-2H3,(H,29,30). The molecule has 2 aromatic carbocycles. The second kappa shape index (κ2) is 8.02. The molecule has 31 heavy (non-hydrogen) atoms. The van der Waals surface area contributed by atoms with Crippen LogP contribution in [0.5, 0.6) is 5.75 Å². The maximum atomic E-state index is 11.3. The highest BCUT2D eigenvalue weighted by molar-refractivity contribution is 5.88. The summed E-state index contributed by atoms with van der Waals surface area (Å²) < 4.78 is 5.78. The fraction of sp³-hybridized carbons (Fsp3) is 0.400. The molecule has 2 N–H and O–H groups in total. The van der Waals surface area contributed by atoms with Crippen LogP contribution < -0.4 is 4.74 Å². The number of rotatable bonds is 6. The monoisotopic (exact) mass is 419 g/mol. The summed E-state index contributed by atoms with van der Waals surface area (Å²) in [5.41, 5.74) is 5.05. The Bertz CT molecular complexity index is 1100. The van der Waals surface area contributed by atoms with Crippen molar-refractivity contribution in [2.75, 3.05) is 26.7 Å². The minimum Gasteiger partial charge on any atom is -0.496 e. The molecule has 0 radical (unpaired) electrons. The average Bonchev–Trinajstić information content (AvgIpc) is 3.51. The number of nitrogens with one attached hydrogen (secondary N) is 1. The van der Waals surface area contributed by atoms with Crippen molar-refractivity contribution in [1.29, 1.82) is 0 Å². The summed E-state index contributed by atoms with van der Waals surface area (Å²) in [6, 6.07) is 12.6. The van der Waals surface area contributed by atoms with Gasteiger partial charge in [0.25, 0.3) is 0 Å². The van der Waals surface area contributed by atoms with E-state index in [0.29, 0.717) is 11.6 Å². The number of fused-ring (bicyclic) bond motifs is 1. The van der Waals surface area contributed by atoms with Crippen molar-refractivity contribution in [3.8, 4) is 5.75 Å². The molecular weight excluding hydrogens is 390 g/mol. The second-order valence-electron chi connectivity index (χ2n) is 8.78. The Kier molecular flexibility index (Phi) is 5.20. The third-order valence-electron chi connectivity index (χ3n) is 6.82. The first-order valence-corrected chi connectivity index (χ1v) is 11.0. The molecule has 1 aromatic heterocycles. The molecule has 1 aliphatic carbocycles.